The van der Waals surface area contributed by atoms with E-state index in [1.54, 1.807) is 6.33 Å². The van der Waals surface area contributed by atoms with Gasteiger partial charge in [-0.3, -0.25) is 0 Å². The Balaban J connectivity index is 1.61. The van der Waals surface area contributed by atoms with Crippen molar-refractivity contribution in [3.8, 4) is 0 Å². The third-order valence-electron chi connectivity index (χ3n) is 3.90. The number of likely N-dealkylation sites (N-methyl/N-ethyl adjacent to an activating group) is 1. The van der Waals surface area contributed by atoms with Crippen LogP contribution in [0.1, 0.15) is 12.0 Å². The standard InChI is InChI=1S/C14H20N4/c1-18(12-4-6-15-9-12)7-5-11-2-3-13-14(8-11)17-10-16-13/h2-3,8,10,12,15H,4-7,9H2,1H3,(H,16,17). The Bertz CT molecular complexity index is 513. The van der Waals surface area contributed by atoms with E-state index in [1.807, 2.05) is 0 Å². The molecule has 0 aliphatic carbocycles. The van der Waals surface area contributed by atoms with Crippen molar-refractivity contribution in [2.75, 3.05) is 26.7 Å². The Morgan fingerprint density at radius 1 is 1.44 bits per heavy atom. The number of nitrogens with one attached hydrogen (secondary N) is 2. The number of hydrogen-bond donors (Lipinski definition) is 2. The zero-order valence-electron chi connectivity index (χ0n) is 10.8. The molecule has 18 heavy (non-hydrogen) atoms. The summed E-state index contributed by atoms with van der Waals surface area (Å²) >= 11 is 0. The van der Waals surface area contributed by atoms with Gasteiger partial charge < -0.3 is 15.2 Å². The van der Waals surface area contributed by atoms with Crippen molar-refractivity contribution in [1.29, 1.82) is 0 Å². The minimum Gasteiger partial charge on any atom is -0.345 e. The first kappa shape index (κ1) is 11.7. The molecule has 1 atom stereocenters. The van der Waals surface area contributed by atoms with Crippen LogP contribution < -0.4 is 5.32 Å². The van der Waals surface area contributed by atoms with Crippen LogP contribution in [-0.2, 0) is 6.42 Å². The predicted molar refractivity (Wildman–Crippen MR) is 73.7 cm³/mol. The molecule has 4 nitrogen and oxygen atoms in total. The summed E-state index contributed by atoms with van der Waals surface area (Å²) in [7, 11) is 2.23. The van der Waals surface area contributed by atoms with E-state index in [2.05, 4.69) is 45.4 Å². The summed E-state index contributed by atoms with van der Waals surface area (Å²) in [5, 5.41) is 3.42. The van der Waals surface area contributed by atoms with E-state index < -0.39 is 0 Å². The van der Waals surface area contributed by atoms with Gasteiger partial charge in [0.15, 0.2) is 0 Å². The van der Waals surface area contributed by atoms with Crippen molar-refractivity contribution >= 4 is 11.0 Å². The van der Waals surface area contributed by atoms with Crippen LogP contribution in [0.5, 0.6) is 0 Å². The number of fused-ring (bicyclic) bond motifs is 1. The zero-order valence-corrected chi connectivity index (χ0v) is 10.8. The van der Waals surface area contributed by atoms with Crippen molar-refractivity contribution in [3.05, 3.63) is 30.1 Å². The maximum Gasteiger partial charge on any atom is 0.0931 e. The minimum absolute atomic E-state index is 0.709. The number of imidazole rings is 1. The molecule has 2 aromatic rings. The van der Waals surface area contributed by atoms with Gasteiger partial charge in [0.2, 0.25) is 0 Å². The summed E-state index contributed by atoms with van der Waals surface area (Å²) in [6, 6.07) is 7.20. The highest BCUT2D eigenvalue weighted by Gasteiger charge is 2.18. The topological polar surface area (TPSA) is 44.0 Å². The maximum atomic E-state index is 4.24. The fourth-order valence-corrected chi connectivity index (χ4v) is 2.64. The molecule has 96 valence electrons. The number of H-pyrrole nitrogens is 1. The second kappa shape index (κ2) is 5.08. The molecule has 0 amide bonds. The molecule has 0 spiro atoms. The molecule has 3 rings (SSSR count). The highest BCUT2D eigenvalue weighted by atomic mass is 15.2. The smallest absolute Gasteiger partial charge is 0.0931 e. The second-order valence-electron chi connectivity index (χ2n) is 5.13. The van der Waals surface area contributed by atoms with Gasteiger partial charge in [-0.2, -0.15) is 0 Å². The summed E-state index contributed by atoms with van der Waals surface area (Å²) in [4.78, 5) is 9.88. The summed E-state index contributed by atoms with van der Waals surface area (Å²) < 4.78 is 0. The van der Waals surface area contributed by atoms with Crippen molar-refractivity contribution in [3.63, 3.8) is 0 Å². The quantitative estimate of drug-likeness (QED) is 0.854. The van der Waals surface area contributed by atoms with Gasteiger partial charge in [0.25, 0.3) is 0 Å². The van der Waals surface area contributed by atoms with Crippen LogP contribution >= 0.6 is 0 Å². The molecule has 4 heteroatoms. The average Bonchev–Trinajstić information content (AvgIpc) is 3.05. The molecular formula is C14H20N4. The highest BCUT2D eigenvalue weighted by molar-refractivity contribution is 5.75. The summed E-state index contributed by atoms with van der Waals surface area (Å²) in [6.07, 6.45) is 4.13. The number of aromatic amines is 1. The first-order chi connectivity index (χ1) is 8.83. The average molecular weight is 244 g/mol. The third-order valence-corrected chi connectivity index (χ3v) is 3.90. The van der Waals surface area contributed by atoms with Crippen LogP contribution in [0.25, 0.3) is 11.0 Å². The molecule has 1 aromatic carbocycles. The lowest BCUT2D eigenvalue weighted by molar-refractivity contribution is 0.260. The van der Waals surface area contributed by atoms with Gasteiger partial charge in [0.1, 0.15) is 0 Å². The second-order valence-corrected chi connectivity index (χ2v) is 5.13. The number of aromatic nitrogens is 2. The Hall–Kier alpha value is -1.39. The van der Waals surface area contributed by atoms with Crippen LogP contribution in [0.4, 0.5) is 0 Å². The van der Waals surface area contributed by atoms with E-state index in [0.29, 0.717) is 6.04 Å². The molecule has 2 heterocycles. The van der Waals surface area contributed by atoms with Gasteiger partial charge in [-0.1, -0.05) is 6.07 Å². The van der Waals surface area contributed by atoms with Crippen LogP contribution in [0.3, 0.4) is 0 Å². The molecule has 1 aliphatic heterocycles. The van der Waals surface area contributed by atoms with E-state index in [-0.39, 0.29) is 0 Å². The Labute approximate surface area is 107 Å². The monoisotopic (exact) mass is 244 g/mol. The van der Waals surface area contributed by atoms with Crippen LogP contribution in [0.2, 0.25) is 0 Å². The molecular weight excluding hydrogens is 224 g/mol. The van der Waals surface area contributed by atoms with E-state index in [4.69, 9.17) is 0 Å². The van der Waals surface area contributed by atoms with Crippen molar-refractivity contribution in [2.24, 2.45) is 0 Å². The number of benzene rings is 1. The van der Waals surface area contributed by atoms with Crippen molar-refractivity contribution in [2.45, 2.75) is 18.9 Å². The van der Waals surface area contributed by atoms with Gasteiger partial charge in [0.05, 0.1) is 17.4 Å². The first-order valence-electron chi connectivity index (χ1n) is 6.66. The fourth-order valence-electron chi connectivity index (χ4n) is 2.64. The van der Waals surface area contributed by atoms with Gasteiger partial charge in [0, 0.05) is 19.1 Å². The first-order valence-corrected chi connectivity index (χ1v) is 6.66. The molecule has 0 saturated carbocycles. The maximum absolute atomic E-state index is 4.24. The molecule has 1 saturated heterocycles. The minimum atomic E-state index is 0.709. The van der Waals surface area contributed by atoms with Crippen LogP contribution in [0, 0.1) is 0 Å². The molecule has 1 aromatic heterocycles. The van der Waals surface area contributed by atoms with Crippen LogP contribution in [0.15, 0.2) is 24.5 Å². The number of hydrogen-bond acceptors (Lipinski definition) is 3. The molecule has 0 bridgehead atoms. The van der Waals surface area contributed by atoms with Crippen LogP contribution in [-0.4, -0.2) is 47.6 Å². The summed E-state index contributed by atoms with van der Waals surface area (Å²) in [6.45, 7) is 3.41. The largest absolute Gasteiger partial charge is 0.345 e. The predicted octanol–water partition coefficient (Wildman–Crippen LogP) is 1.40. The molecule has 2 N–H and O–H groups in total. The highest BCUT2D eigenvalue weighted by Crippen LogP contribution is 2.13. The molecule has 1 fully saturated rings. The van der Waals surface area contributed by atoms with Gasteiger partial charge in [-0.25, -0.2) is 4.98 Å². The van der Waals surface area contributed by atoms with E-state index in [0.717, 1.165) is 37.1 Å². The van der Waals surface area contributed by atoms with Gasteiger partial charge >= 0.3 is 0 Å². The normalized spacial score (nSPS) is 20.0. The lowest BCUT2D eigenvalue weighted by Crippen LogP contribution is -2.34. The summed E-state index contributed by atoms with van der Waals surface area (Å²) in [5.41, 5.74) is 3.56. The van der Waals surface area contributed by atoms with Crippen molar-refractivity contribution < 1.29 is 0 Å². The van der Waals surface area contributed by atoms with E-state index in [1.165, 1.54) is 12.0 Å². The van der Waals surface area contributed by atoms with Gasteiger partial charge in [-0.15, -0.1) is 0 Å². The summed E-state index contributed by atoms with van der Waals surface area (Å²) in [5.74, 6) is 0. The SMILES string of the molecule is CN(CCc1ccc2nc[nH]c2c1)C1CCNC1. The number of nitrogens with zero attached hydrogens (tertiary/aromatic N) is 2. The Morgan fingerprint density at radius 3 is 3.22 bits per heavy atom. The molecule has 0 radical (unpaired) electrons. The number of rotatable bonds is 4. The fraction of sp³-hybridized carbons (Fsp3) is 0.500. The van der Waals surface area contributed by atoms with E-state index in [9.17, 15) is 0 Å². The van der Waals surface area contributed by atoms with Crippen molar-refractivity contribution in [1.82, 2.24) is 20.2 Å². The Morgan fingerprint density at radius 2 is 2.39 bits per heavy atom. The lowest BCUT2D eigenvalue weighted by Gasteiger charge is -2.23. The van der Waals surface area contributed by atoms with Gasteiger partial charge in [-0.05, 0) is 44.1 Å². The Kier molecular flexibility index (Phi) is 3.30. The lowest BCUT2D eigenvalue weighted by atomic mass is 10.1. The molecule has 1 aliphatic rings. The third kappa shape index (κ3) is 2.40. The zero-order chi connectivity index (χ0) is 12.4. The molecule has 1 unspecified atom stereocenters. The van der Waals surface area contributed by atoms with E-state index >= 15 is 0 Å².